The molecular weight excluding hydrogens is 586 g/mol. The molecule has 224 valence electrons. The summed E-state index contributed by atoms with van der Waals surface area (Å²) in [6, 6.07) is 4.55. The minimum absolute atomic E-state index is 0.0618. The summed E-state index contributed by atoms with van der Waals surface area (Å²) in [7, 11) is -4.53. The van der Waals surface area contributed by atoms with Crippen LogP contribution in [0, 0.1) is 11.7 Å². The first-order valence-electron chi connectivity index (χ1n) is 12.9. The Hall–Kier alpha value is -2.74. The lowest BCUT2D eigenvalue weighted by Crippen LogP contribution is -2.50. The smallest absolute Gasteiger partial charge is 0.380 e. The molecule has 3 atom stereocenters. The summed E-state index contributed by atoms with van der Waals surface area (Å²) in [5.74, 6) is -2.34. The summed E-state index contributed by atoms with van der Waals surface area (Å²) in [6.45, 7) is 0. The SMILES string of the molecule is O=C(N[C@@H]1CC[C@@]2(S(=O)(=O)c3ccc(F)cc3)c3ccc(C(F)(C(F)(F)F)C(F)(F)F)cc3CCC[C@@H]12)C1(O)CC1. The highest BCUT2D eigenvalue weighted by Gasteiger charge is 2.73. The lowest BCUT2D eigenvalue weighted by Gasteiger charge is -2.38. The molecule has 2 aromatic carbocycles. The highest BCUT2D eigenvalue weighted by atomic mass is 32.2. The van der Waals surface area contributed by atoms with Crippen LogP contribution >= 0.6 is 0 Å². The van der Waals surface area contributed by atoms with E-state index in [1.54, 1.807) is 0 Å². The standard InChI is InChI=1S/C27H25F8NO4S/c28-17-5-7-18(8-6-17)41(39,40)24-11-10-21(36-22(37)23(38)12-13-23)20(24)3-1-2-15-14-16(4-9-19(15)24)25(29,26(30,31)32)27(33,34)35/h4-9,14,20-21,38H,1-3,10-13H2,(H,36,37)/t20-,21+,24+/m0/s1. The van der Waals surface area contributed by atoms with E-state index in [1.165, 1.54) is 0 Å². The van der Waals surface area contributed by atoms with E-state index in [1.807, 2.05) is 0 Å². The number of aryl methyl sites for hydroxylation is 1. The second-order valence-electron chi connectivity index (χ2n) is 11.0. The Morgan fingerprint density at radius 3 is 2.07 bits per heavy atom. The van der Waals surface area contributed by atoms with E-state index < -0.39 is 67.5 Å². The largest absolute Gasteiger partial charge is 0.435 e. The van der Waals surface area contributed by atoms with Crippen molar-refractivity contribution in [2.75, 3.05) is 0 Å². The Labute approximate surface area is 229 Å². The third-order valence-electron chi connectivity index (χ3n) is 8.68. The van der Waals surface area contributed by atoms with Gasteiger partial charge in [-0.25, -0.2) is 17.2 Å². The number of carbonyl (C=O) groups is 1. The predicted molar refractivity (Wildman–Crippen MR) is 128 cm³/mol. The van der Waals surface area contributed by atoms with Crippen molar-refractivity contribution in [3.05, 3.63) is 65.0 Å². The Balaban J connectivity index is 1.70. The lowest BCUT2D eigenvalue weighted by molar-refractivity contribution is -0.348. The molecule has 41 heavy (non-hydrogen) atoms. The van der Waals surface area contributed by atoms with Gasteiger partial charge >= 0.3 is 18.0 Å². The first-order chi connectivity index (χ1) is 18.9. The summed E-state index contributed by atoms with van der Waals surface area (Å²) in [5, 5.41) is 12.9. The van der Waals surface area contributed by atoms with Crippen molar-refractivity contribution in [3.63, 3.8) is 0 Å². The molecule has 14 heteroatoms. The number of hydrogen-bond acceptors (Lipinski definition) is 4. The Kier molecular flexibility index (Phi) is 6.81. The van der Waals surface area contributed by atoms with Crippen LogP contribution in [0.3, 0.4) is 0 Å². The van der Waals surface area contributed by atoms with Crippen molar-refractivity contribution in [3.8, 4) is 0 Å². The fraction of sp³-hybridized carbons (Fsp3) is 0.519. The van der Waals surface area contributed by atoms with Crippen LogP contribution in [0.15, 0.2) is 47.4 Å². The minimum Gasteiger partial charge on any atom is -0.380 e. The maximum absolute atomic E-state index is 15.0. The fourth-order valence-electron chi connectivity index (χ4n) is 6.40. The Morgan fingerprint density at radius 2 is 1.51 bits per heavy atom. The average Bonchev–Trinajstić information content (AvgIpc) is 3.57. The lowest BCUT2D eigenvalue weighted by atomic mass is 9.82. The Morgan fingerprint density at radius 1 is 0.902 bits per heavy atom. The molecule has 0 saturated heterocycles. The van der Waals surface area contributed by atoms with Crippen LogP contribution in [-0.2, 0) is 31.5 Å². The van der Waals surface area contributed by atoms with E-state index in [9.17, 15) is 53.4 Å². The van der Waals surface area contributed by atoms with Gasteiger partial charge in [-0.1, -0.05) is 18.2 Å². The van der Waals surface area contributed by atoms with Gasteiger partial charge < -0.3 is 10.4 Å². The number of alkyl halides is 7. The molecule has 0 unspecified atom stereocenters. The topological polar surface area (TPSA) is 83.5 Å². The first kappa shape index (κ1) is 29.7. The van der Waals surface area contributed by atoms with E-state index in [4.69, 9.17) is 0 Å². The molecule has 0 aliphatic heterocycles. The molecule has 3 aliphatic carbocycles. The second-order valence-corrected chi connectivity index (χ2v) is 13.2. The molecule has 0 spiro atoms. The van der Waals surface area contributed by atoms with Crippen LogP contribution in [0.25, 0.3) is 0 Å². The number of amides is 1. The van der Waals surface area contributed by atoms with E-state index in [0.29, 0.717) is 12.1 Å². The van der Waals surface area contributed by atoms with Crippen molar-refractivity contribution >= 4 is 15.7 Å². The van der Waals surface area contributed by atoms with Crippen LogP contribution in [-0.4, -0.2) is 43.4 Å². The molecule has 2 fully saturated rings. The number of sulfone groups is 1. The number of rotatable bonds is 5. The second kappa shape index (κ2) is 9.38. The normalized spacial score (nSPS) is 26.1. The van der Waals surface area contributed by atoms with E-state index in [0.717, 1.165) is 30.3 Å². The monoisotopic (exact) mass is 611 g/mol. The number of halogens is 8. The van der Waals surface area contributed by atoms with Gasteiger partial charge in [0, 0.05) is 17.5 Å². The maximum Gasteiger partial charge on any atom is 0.435 e. The van der Waals surface area contributed by atoms with Crippen LogP contribution < -0.4 is 5.32 Å². The molecule has 2 N–H and O–H groups in total. The molecule has 5 rings (SSSR count). The molecule has 2 aromatic rings. The zero-order chi connectivity index (χ0) is 30.2. The zero-order valence-electron chi connectivity index (χ0n) is 21.2. The van der Waals surface area contributed by atoms with Gasteiger partial charge in [-0.05, 0) is 80.3 Å². The fourth-order valence-corrected chi connectivity index (χ4v) is 8.87. The van der Waals surface area contributed by atoms with E-state index in [2.05, 4.69) is 5.32 Å². The summed E-state index contributed by atoms with van der Waals surface area (Å²) >= 11 is 0. The van der Waals surface area contributed by atoms with Crippen LogP contribution in [0.2, 0.25) is 0 Å². The summed E-state index contributed by atoms with van der Waals surface area (Å²) < 4.78 is 137. The van der Waals surface area contributed by atoms with Gasteiger partial charge in [0.2, 0.25) is 0 Å². The van der Waals surface area contributed by atoms with Gasteiger partial charge in [0.1, 0.15) is 16.2 Å². The molecular formula is C27H25F8NO4S. The van der Waals surface area contributed by atoms with Crippen LogP contribution in [0.1, 0.15) is 55.2 Å². The minimum atomic E-state index is -6.35. The van der Waals surface area contributed by atoms with Gasteiger partial charge in [-0.2, -0.15) is 26.3 Å². The predicted octanol–water partition coefficient (Wildman–Crippen LogP) is 5.54. The third kappa shape index (κ3) is 4.43. The molecule has 3 aliphatic rings. The van der Waals surface area contributed by atoms with Gasteiger partial charge in [0.05, 0.1) is 4.90 Å². The summed E-state index contributed by atoms with van der Waals surface area (Å²) in [4.78, 5) is 12.4. The van der Waals surface area contributed by atoms with Crippen LogP contribution in [0.4, 0.5) is 35.1 Å². The summed E-state index contributed by atoms with van der Waals surface area (Å²) in [5.41, 5.74) is -9.29. The molecule has 1 amide bonds. The number of benzene rings is 2. The average molecular weight is 612 g/mol. The van der Waals surface area contributed by atoms with Crippen molar-refractivity contribution in [2.24, 2.45) is 5.92 Å². The highest BCUT2D eigenvalue weighted by Crippen LogP contribution is 2.58. The maximum atomic E-state index is 15.0. The molecule has 2 saturated carbocycles. The van der Waals surface area contributed by atoms with Crippen molar-refractivity contribution in [2.45, 2.75) is 84.3 Å². The molecule has 0 heterocycles. The molecule has 0 radical (unpaired) electrons. The van der Waals surface area contributed by atoms with Crippen molar-refractivity contribution in [1.82, 2.24) is 5.32 Å². The number of fused-ring (bicyclic) bond motifs is 3. The molecule has 5 nitrogen and oxygen atoms in total. The van der Waals surface area contributed by atoms with Gasteiger partial charge in [-0.15, -0.1) is 0 Å². The summed E-state index contributed by atoms with van der Waals surface area (Å²) in [6.07, 6.45) is -12.4. The third-order valence-corrected chi connectivity index (χ3v) is 11.3. The Bertz CT molecular complexity index is 1450. The van der Waals surface area contributed by atoms with Gasteiger partial charge in [0.15, 0.2) is 9.84 Å². The van der Waals surface area contributed by atoms with E-state index >= 15 is 0 Å². The number of aliphatic hydroxyl groups is 1. The number of carbonyl (C=O) groups excluding carboxylic acids is 1. The van der Waals surface area contributed by atoms with E-state index in [-0.39, 0.29) is 61.0 Å². The molecule has 0 aromatic heterocycles. The van der Waals surface area contributed by atoms with Gasteiger partial charge in [0.25, 0.3) is 5.91 Å². The first-order valence-corrected chi connectivity index (χ1v) is 14.4. The molecule has 0 bridgehead atoms. The van der Waals surface area contributed by atoms with Crippen molar-refractivity contribution in [1.29, 1.82) is 0 Å². The number of hydrogen-bond donors (Lipinski definition) is 2. The van der Waals surface area contributed by atoms with Gasteiger partial charge in [-0.3, -0.25) is 4.79 Å². The van der Waals surface area contributed by atoms with Crippen molar-refractivity contribution < 1.29 is 53.4 Å². The number of nitrogens with one attached hydrogen (secondary N) is 1. The zero-order valence-corrected chi connectivity index (χ0v) is 22.1. The highest BCUT2D eigenvalue weighted by molar-refractivity contribution is 7.92. The van der Waals surface area contributed by atoms with Crippen LogP contribution in [0.5, 0.6) is 0 Å². The quantitative estimate of drug-likeness (QED) is 0.344.